The average Bonchev–Trinajstić information content (AvgIpc) is 2.65. The third-order valence-electron chi connectivity index (χ3n) is 6.15. The Balaban J connectivity index is 3.30. The maximum atomic E-state index is 12.0. The number of carbonyl (C=O) groups is 1. The van der Waals surface area contributed by atoms with E-state index in [0.29, 0.717) is 18.4 Å². The van der Waals surface area contributed by atoms with Gasteiger partial charge in [0.2, 0.25) is 5.91 Å². The van der Waals surface area contributed by atoms with Gasteiger partial charge in [0, 0.05) is 12.5 Å². The molecule has 1 atom stereocenters. The maximum absolute atomic E-state index is 12.0. The Morgan fingerprint density at radius 1 is 0.630 bits per heavy atom. The molecule has 0 rings (SSSR count). The molecule has 1 N–H and O–H groups in total. The smallest absolute Gasteiger partial charge is 0.220 e. The minimum atomic E-state index is 0.254. The predicted molar refractivity (Wildman–Crippen MR) is 121 cm³/mol. The van der Waals surface area contributed by atoms with Gasteiger partial charge in [0.15, 0.2) is 0 Å². The molecule has 0 aliphatic carbocycles. The zero-order valence-electron chi connectivity index (χ0n) is 19.3. The van der Waals surface area contributed by atoms with E-state index in [9.17, 15) is 4.79 Å². The summed E-state index contributed by atoms with van der Waals surface area (Å²) in [6.45, 7) is 8.87. The van der Waals surface area contributed by atoms with Gasteiger partial charge in [-0.3, -0.25) is 4.79 Å². The van der Waals surface area contributed by atoms with Crippen LogP contribution in [0.3, 0.4) is 0 Å². The van der Waals surface area contributed by atoms with Gasteiger partial charge in [-0.05, 0) is 19.3 Å². The van der Waals surface area contributed by atoms with Crippen LogP contribution in [0, 0.1) is 5.92 Å². The molecule has 2 nitrogen and oxygen atoms in total. The van der Waals surface area contributed by atoms with Crippen molar-refractivity contribution in [3.63, 3.8) is 0 Å². The summed E-state index contributed by atoms with van der Waals surface area (Å²) in [7, 11) is 0. The maximum Gasteiger partial charge on any atom is 0.220 e. The van der Waals surface area contributed by atoms with Gasteiger partial charge in [-0.25, -0.2) is 0 Å². The summed E-state index contributed by atoms with van der Waals surface area (Å²) < 4.78 is 0. The fourth-order valence-corrected chi connectivity index (χ4v) is 4.10. The van der Waals surface area contributed by atoms with Gasteiger partial charge in [-0.15, -0.1) is 0 Å². The van der Waals surface area contributed by atoms with Gasteiger partial charge in [0.05, 0.1) is 0 Å². The lowest BCUT2D eigenvalue weighted by Gasteiger charge is -2.22. The molecule has 0 saturated heterocycles. The molecule has 0 aromatic carbocycles. The highest BCUT2D eigenvalue weighted by atomic mass is 16.1. The third-order valence-corrected chi connectivity index (χ3v) is 6.15. The Hall–Kier alpha value is -0.530. The first-order valence-electron chi connectivity index (χ1n) is 12.4. The molecule has 162 valence electrons. The normalized spacial score (nSPS) is 12.5. The molecule has 0 bridgehead atoms. The molecule has 0 radical (unpaired) electrons. The number of nitrogens with one attached hydrogen (secondary N) is 1. The van der Waals surface area contributed by atoms with Crippen LogP contribution in [0.5, 0.6) is 0 Å². The monoisotopic (exact) mass is 381 g/mol. The molecule has 0 aliphatic heterocycles. The first-order valence-corrected chi connectivity index (χ1v) is 12.4. The van der Waals surface area contributed by atoms with E-state index in [1.165, 1.54) is 89.9 Å². The van der Waals surface area contributed by atoms with Crippen LogP contribution >= 0.6 is 0 Å². The van der Waals surface area contributed by atoms with Gasteiger partial charge < -0.3 is 5.32 Å². The second-order valence-electron chi connectivity index (χ2n) is 8.63. The molecule has 0 heterocycles. The second kappa shape index (κ2) is 20.2. The standard InChI is InChI=1S/C25H51NO/c1-5-8-9-10-11-12-13-14-15-16-17-18-19-20-21-22-25(27)26-23(4)24(6-2)7-3/h23-24H,5-22H2,1-4H3,(H,26,27). The lowest BCUT2D eigenvalue weighted by atomic mass is 9.95. The van der Waals surface area contributed by atoms with Crippen LogP contribution in [-0.4, -0.2) is 11.9 Å². The van der Waals surface area contributed by atoms with Crippen molar-refractivity contribution < 1.29 is 4.79 Å². The highest BCUT2D eigenvalue weighted by Crippen LogP contribution is 2.15. The molecule has 0 saturated carbocycles. The van der Waals surface area contributed by atoms with Crippen molar-refractivity contribution in [1.82, 2.24) is 5.32 Å². The Bertz CT molecular complexity index is 311. The van der Waals surface area contributed by atoms with Gasteiger partial charge in [-0.1, -0.05) is 124 Å². The topological polar surface area (TPSA) is 29.1 Å². The van der Waals surface area contributed by atoms with Crippen LogP contribution in [0.4, 0.5) is 0 Å². The van der Waals surface area contributed by atoms with Crippen LogP contribution in [0.1, 0.15) is 143 Å². The Morgan fingerprint density at radius 2 is 1.00 bits per heavy atom. The summed E-state index contributed by atoms with van der Waals surface area (Å²) in [6.07, 6.45) is 23.6. The minimum absolute atomic E-state index is 0.254. The molecule has 0 aromatic heterocycles. The van der Waals surface area contributed by atoms with Crippen LogP contribution in [0.2, 0.25) is 0 Å². The predicted octanol–water partition coefficient (Wildman–Crippen LogP) is 8.19. The number of hydrogen-bond acceptors (Lipinski definition) is 1. The summed E-state index contributed by atoms with van der Waals surface area (Å²) in [5, 5.41) is 3.19. The van der Waals surface area contributed by atoms with E-state index in [0.717, 1.165) is 19.3 Å². The first-order chi connectivity index (χ1) is 13.2. The van der Waals surface area contributed by atoms with Crippen molar-refractivity contribution in [2.24, 2.45) is 5.92 Å². The van der Waals surface area contributed by atoms with E-state index in [2.05, 4.69) is 33.0 Å². The zero-order valence-corrected chi connectivity index (χ0v) is 19.3. The second-order valence-corrected chi connectivity index (χ2v) is 8.63. The Morgan fingerprint density at radius 3 is 1.37 bits per heavy atom. The molecular weight excluding hydrogens is 330 g/mol. The quantitative estimate of drug-likeness (QED) is 0.212. The third kappa shape index (κ3) is 17.3. The summed E-state index contributed by atoms with van der Waals surface area (Å²) in [4.78, 5) is 12.0. The van der Waals surface area contributed by atoms with E-state index in [-0.39, 0.29) is 5.91 Å². The van der Waals surface area contributed by atoms with Crippen LogP contribution in [0.25, 0.3) is 0 Å². The molecule has 0 spiro atoms. The fourth-order valence-electron chi connectivity index (χ4n) is 4.10. The zero-order chi connectivity index (χ0) is 20.2. The van der Waals surface area contributed by atoms with E-state index >= 15 is 0 Å². The number of amides is 1. The highest BCUT2D eigenvalue weighted by Gasteiger charge is 2.15. The summed E-state index contributed by atoms with van der Waals surface area (Å²) in [6, 6.07) is 0.323. The summed E-state index contributed by atoms with van der Waals surface area (Å²) in [5.74, 6) is 0.874. The SMILES string of the molecule is CCCCCCCCCCCCCCCCCC(=O)NC(C)C(CC)CC. The molecule has 1 amide bonds. The first kappa shape index (κ1) is 26.5. The lowest BCUT2D eigenvalue weighted by molar-refractivity contribution is -0.122. The molecule has 27 heavy (non-hydrogen) atoms. The van der Waals surface area contributed by atoms with E-state index in [4.69, 9.17) is 0 Å². The molecule has 0 aromatic rings. The van der Waals surface area contributed by atoms with Crippen LogP contribution in [0.15, 0.2) is 0 Å². The lowest BCUT2D eigenvalue weighted by Crippen LogP contribution is -2.37. The number of carbonyl (C=O) groups excluding carboxylic acids is 1. The van der Waals surface area contributed by atoms with Crippen molar-refractivity contribution in [3.8, 4) is 0 Å². The number of rotatable bonds is 20. The molecule has 0 fully saturated rings. The average molecular weight is 382 g/mol. The molecule has 1 unspecified atom stereocenters. The van der Waals surface area contributed by atoms with Gasteiger partial charge in [0.25, 0.3) is 0 Å². The van der Waals surface area contributed by atoms with E-state index in [1.54, 1.807) is 0 Å². The minimum Gasteiger partial charge on any atom is -0.353 e. The van der Waals surface area contributed by atoms with Crippen molar-refractivity contribution in [2.45, 2.75) is 149 Å². The summed E-state index contributed by atoms with van der Waals surface area (Å²) in [5.41, 5.74) is 0. The summed E-state index contributed by atoms with van der Waals surface area (Å²) >= 11 is 0. The number of unbranched alkanes of at least 4 members (excludes halogenated alkanes) is 14. The van der Waals surface area contributed by atoms with Crippen molar-refractivity contribution in [3.05, 3.63) is 0 Å². The fraction of sp³-hybridized carbons (Fsp3) is 0.960. The van der Waals surface area contributed by atoms with Crippen molar-refractivity contribution in [2.75, 3.05) is 0 Å². The largest absolute Gasteiger partial charge is 0.353 e. The Kier molecular flexibility index (Phi) is 19.8. The van der Waals surface area contributed by atoms with E-state index < -0.39 is 0 Å². The Labute approximate surface area is 171 Å². The van der Waals surface area contributed by atoms with Crippen LogP contribution in [-0.2, 0) is 4.79 Å². The van der Waals surface area contributed by atoms with Gasteiger partial charge in [0.1, 0.15) is 0 Å². The highest BCUT2D eigenvalue weighted by molar-refractivity contribution is 5.76. The van der Waals surface area contributed by atoms with Crippen molar-refractivity contribution >= 4 is 5.91 Å². The van der Waals surface area contributed by atoms with Gasteiger partial charge >= 0.3 is 0 Å². The number of hydrogen-bond donors (Lipinski definition) is 1. The molecule has 0 aliphatic rings. The molecule has 2 heteroatoms. The van der Waals surface area contributed by atoms with E-state index in [1.807, 2.05) is 0 Å². The van der Waals surface area contributed by atoms with Crippen LogP contribution < -0.4 is 5.32 Å². The van der Waals surface area contributed by atoms with Crippen molar-refractivity contribution in [1.29, 1.82) is 0 Å². The van der Waals surface area contributed by atoms with Gasteiger partial charge in [-0.2, -0.15) is 0 Å². The molecular formula is C25H51NO.